The molecule has 166 valence electrons. The van der Waals surface area contributed by atoms with E-state index in [2.05, 4.69) is 14.4 Å². The lowest BCUT2D eigenvalue weighted by molar-refractivity contribution is -0.147. The van der Waals surface area contributed by atoms with Gasteiger partial charge in [0, 0.05) is 58.3 Å². The Hall–Kier alpha value is -3.17. The maximum atomic E-state index is 12.5. The number of aryl methyl sites for hydroxylation is 1. The Kier molecular flexibility index (Phi) is 5.55. The van der Waals surface area contributed by atoms with Gasteiger partial charge >= 0.3 is 5.97 Å². The summed E-state index contributed by atoms with van der Waals surface area (Å²) in [6.07, 6.45) is 7.06. The Morgan fingerprint density at radius 2 is 1.84 bits per heavy atom. The molecule has 2 amide bonds. The van der Waals surface area contributed by atoms with E-state index in [0.717, 1.165) is 17.1 Å². The SMILES string of the molecule is COC(=O)CCC(=O)N1CCC2(CC1)c1ncc(-c3cnn(C)c3)n1CCN2C(C)=O. The second-order valence-electron chi connectivity index (χ2n) is 8.18. The Morgan fingerprint density at radius 1 is 1.10 bits per heavy atom. The molecule has 0 aromatic carbocycles. The van der Waals surface area contributed by atoms with Crippen LogP contribution in [-0.4, -0.2) is 73.7 Å². The summed E-state index contributed by atoms with van der Waals surface area (Å²) in [5.41, 5.74) is 1.44. The standard InChI is InChI=1S/C21H28N6O4/c1-15(28)27-11-10-26-17(16-12-23-24(2)14-16)13-22-20(26)21(27)6-8-25(9-7-21)18(29)4-5-19(30)31-3/h12-14H,4-11H2,1-3H3. The molecule has 2 aromatic rings. The molecule has 0 N–H and O–H groups in total. The normalized spacial score (nSPS) is 17.5. The number of imidazole rings is 1. The number of carbonyl (C=O) groups is 3. The topological polar surface area (TPSA) is 103 Å². The van der Waals surface area contributed by atoms with Gasteiger partial charge in [0.1, 0.15) is 11.4 Å². The summed E-state index contributed by atoms with van der Waals surface area (Å²) in [5, 5.41) is 4.27. The first-order valence-electron chi connectivity index (χ1n) is 10.5. The summed E-state index contributed by atoms with van der Waals surface area (Å²) < 4.78 is 8.57. The highest BCUT2D eigenvalue weighted by molar-refractivity contribution is 5.81. The Labute approximate surface area is 180 Å². The fourth-order valence-corrected chi connectivity index (χ4v) is 4.84. The van der Waals surface area contributed by atoms with Gasteiger partial charge in [-0.1, -0.05) is 0 Å². The van der Waals surface area contributed by atoms with Gasteiger partial charge in [0.25, 0.3) is 0 Å². The van der Waals surface area contributed by atoms with Gasteiger partial charge in [-0.25, -0.2) is 4.98 Å². The van der Waals surface area contributed by atoms with Crippen LogP contribution in [-0.2, 0) is 38.3 Å². The fraction of sp³-hybridized carbons (Fsp3) is 0.571. The highest BCUT2D eigenvalue weighted by Gasteiger charge is 2.49. The van der Waals surface area contributed by atoms with Crippen LogP contribution in [0.2, 0.25) is 0 Å². The second kappa shape index (κ2) is 8.16. The van der Waals surface area contributed by atoms with Gasteiger partial charge in [-0.05, 0) is 12.8 Å². The number of rotatable bonds is 4. The number of fused-ring (bicyclic) bond motifs is 2. The molecule has 31 heavy (non-hydrogen) atoms. The molecule has 0 saturated carbocycles. The summed E-state index contributed by atoms with van der Waals surface area (Å²) in [5.74, 6) is 0.434. The molecule has 10 heteroatoms. The number of methoxy groups -OCH3 is 1. The molecule has 4 rings (SSSR count). The summed E-state index contributed by atoms with van der Waals surface area (Å²) in [4.78, 5) is 44.9. The highest BCUT2D eigenvalue weighted by atomic mass is 16.5. The molecule has 10 nitrogen and oxygen atoms in total. The molecular weight excluding hydrogens is 400 g/mol. The summed E-state index contributed by atoms with van der Waals surface area (Å²) in [6, 6.07) is 0. The number of ether oxygens (including phenoxy) is 1. The molecule has 2 aliphatic rings. The number of piperidine rings is 1. The molecule has 0 bridgehead atoms. The number of nitrogens with zero attached hydrogens (tertiary/aromatic N) is 6. The van der Waals surface area contributed by atoms with Crippen LogP contribution in [0.1, 0.15) is 38.4 Å². The third-order valence-electron chi connectivity index (χ3n) is 6.43. The van der Waals surface area contributed by atoms with Crippen LogP contribution in [0.3, 0.4) is 0 Å². The maximum absolute atomic E-state index is 12.5. The second-order valence-corrected chi connectivity index (χ2v) is 8.18. The molecule has 2 aliphatic heterocycles. The Balaban J connectivity index is 1.58. The predicted molar refractivity (Wildman–Crippen MR) is 111 cm³/mol. The van der Waals surface area contributed by atoms with E-state index in [4.69, 9.17) is 4.98 Å². The highest BCUT2D eigenvalue weighted by Crippen LogP contribution is 2.42. The van der Waals surface area contributed by atoms with Crippen LogP contribution in [0.4, 0.5) is 0 Å². The minimum Gasteiger partial charge on any atom is -0.469 e. The lowest BCUT2D eigenvalue weighted by Crippen LogP contribution is -2.59. The van der Waals surface area contributed by atoms with Crippen molar-refractivity contribution in [3.63, 3.8) is 0 Å². The molecular formula is C21H28N6O4. The van der Waals surface area contributed by atoms with E-state index in [-0.39, 0.29) is 30.6 Å². The van der Waals surface area contributed by atoms with Crippen LogP contribution in [0, 0.1) is 0 Å². The van der Waals surface area contributed by atoms with Crippen LogP contribution in [0.5, 0.6) is 0 Å². The van der Waals surface area contributed by atoms with Gasteiger partial charge in [0.05, 0.1) is 31.6 Å². The van der Waals surface area contributed by atoms with E-state index >= 15 is 0 Å². The van der Waals surface area contributed by atoms with Crippen molar-refractivity contribution < 1.29 is 19.1 Å². The molecule has 2 aromatic heterocycles. The van der Waals surface area contributed by atoms with Crippen molar-refractivity contribution in [3.05, 3.63) is 24.4 Å². The molecule has 1 fully saturated rings. The van der Waals surface area contributed by atoms with E-state index in [9.17, 15) is 14.4 Å². The van der Waals surface area contributed by atoms with Gasteiger partial charge in [-0.3, -0.25) is 19.1 Å². The minimum absolute atomic E-state index is 0.0163. The number of amides is 2. The third-order valence-corrected chi connectivity index (χ3v) is 6.43. The van der Waals surface area contributed by atoms with Crippen LogP contribution < -0.4 is 0 Å². The zero-order valence-electron chi connectivity index (χ0n) is 18.2. The van der Waals surface area contributed by atoms with E-state index in [1.165, 1.54) is 7.11 Å². The first-order valence-corrected chi connectivity index (χ1v) is 10.5. The van der Waals surface area contributed by atoms with Crippen molar-refractivity contribution in [2.75, 3.05) is 26.7 Å². The molecule has 4 heterocycles. The number of hydrogen-bond acceptors (Lipinski definition) is 6. The van der Waals surface area contributed by atoms with Crippen molar-refractivity contribution in [3.8, 4) is 11.3 Å². The average molecular weight is 428 g/mol. The molecule has 1 saturated heterocycles. The molecule has 0 radical (unpaired) electrons. The van der Waals surface area contributed by atoms with Crippen LogP contribution in [0.25, 0.3) is 11.3 Å². The van der Waals surface area contributed by atoms with E-state index in [1.807, 2.05) is 30.5 Å². The first kappa shape index (κ1) is 21.1. The zero-order valence-corrected chi connectivity index (χ0v) is 18.2. The molecule has 0 aliphatic carbocycles. The van der Waals surface area contributed by atoms with Crippen molar-refractivity contribution >= 4 is 17.8 Å². The zero-order chi connectivity index (χ0) is 22.2. The summed E-state index contributed by atoms with van der Waals surface area (Å²) in [6.45, 7) is 3.89. The average Bonchev–Trinajstić information content (AvgIpc) is 3.38. The smallest absolute Gasteiger partial charge is 0.306 e. The van der Waals surface area contributed by atoms with Crippen molar-refractivity contribution in [1.82, 2.24) is 29.1 Å². The van der Waals surface area contributed by atoms with Gasteiger partial charge in [0.15, 0.2) is 0 Å². The maximum Gasteiger partial charge on any atom is 0.306 e. The summed E-state index contributed by atoms with van der Waals surface area (Å²) in [7, 11) is 3.20. The lowest BCUT2D eigenvalue weighted by atomic mass is 9.83. The van der Waals surface area contributed by atoms with Crippen molar-refractivity contribution in [2.24, 2.45) is 7.05 Å². The number of aromatic nitrogens is 4. The number of likely N-dealkylation sites (tertiary alicyclic amines) is 1. The van der Waals surface area contributed by atoms with Crippen molar-refractivity contribution in [1.29, 1.82) is 0 Å². The number of carbonyl (C=O) groups excluding carboxylic acids is 3. The van der Waals surface area contributed by atoms with Gasteiger partial charge in [-0.15, -0.1) is 0 Å². The van der Waals surface area contributed by atoms with Gasteiger partial charge in [-0.2, -0.15) is 5.10 Å². The number of esters is 1. The van der Waals surface area contributed by atoms with Crippen LogP contribution >= 0.6 is 0 Å². The molecule has 0 unspecified atom stereocenters. The first-order chi connectivity index (χ1) is 14.9. The monoisotopic (exact) mass is 428 g/mol. The Morgan fingerprint density at radius 3 is 2.45 bits per heavy atom. The van der Waals surface area contributed by atoms with Crippen LogP contribution in [0.15, 0.2) is 18.6 Å². The van der Waals surface area contributed by atoms with Crippen molar-refractivity contribution in [2.45, 2.75) is 44.7 Å². The Bertz CT molecular complexity index is 1000. The van der Waals surface area contributed by atoms with E-state index in [0.29, 0.717) is 39.0 Å². The summed E-state index contributed by atoms with van der Waals surface area (Å²) >= 11 is 0. The minimum atomic E-state index is -0.538. The lowest BCUT2D eigenvalue weighted by Gasteiger charge is -2.50. The molecule has 0 atom stereocenters. The van der Waals surface area contributed by atoms with E-state index in [1.54, 1.807) is 16.5 Å². The van der Waals surface area contributed by atoms with Gasteiger partial charge < -0.3 is 19.1 Å². The largest absolute Gasteiger partial charge is 0.469 e. The quantitative estimate of drug-likeness (QED) is 0.671. The fourth-order valence-electron chi connectivity index (χ4n) is 4.84. The predicted octanol–water partition coefficient (Wildman–Crippen LogP) is 0.917. The molecule has 1 spiro atoms. The number of hydrogen-bond donors (Lipinski definition) is 0. The van der Waals surface area contributed by atoms with Gasteiger partial charge in [0.2, 0.25) is 11.8 Å². The third kappa shape index (κ3) is 3.70. The van der Waals surface area contributed by atoms with E-state index < -0.39 is 5.54 Å².